The fourth-order valence-electron chi connectivity index (χ4n) is 3.75. The summed E-state index contributed by atoms with van der Waals surface area (Å²) in [5, 5.41) is 17.1. The molecule has 0 bridgehead atoms. The first-order valence-electron chi connectivity index (χ1n) is 13.0. The van der Waals surface area contributed by atoms with Crippen LogP contribution in [0, 0.1) is 0 Å². The predicted octanol–water partition coefficient (Wildman–Crippen LogP) is 8.91. The Labute approximate surface area is 231 Å². The van der Waals surface area contributed by atoms with Crippen molar-refractivity contribution in [3.63, 3.8) is 0 Å². The fourth-order valence-corrected chi connectivity index (χ4v) is 5.75. The van der Waals surface area contributed by atoms with E-state index in [9.17, 15) is 0 Å². The Hall–Kier alpha value is -3.36. The zero-order chi connectivity index (χ0) is 26.2. The van der Waals surface area contributed by atoms with Crippen molar-refractivity contribution in [2.75, 3.05) is 11.5 Å². The van der Waals surface area contributed by atoms with E-state index in [1.807, 2.05) is 72.1 Å². The summed E-state index contributed by atoms with van der Waals surface area (Å²) in [5.41, 5.74) is 3.38. The highest BCUT2D eigenvalue weighted by molar-refractivity contribution is 7.99. The molecular formula is C30H30N4O2S2. The lowest BCUT2D eigenvalue weighted by molar-refractivity contribution is 0.582. The molecule has 0 spiro atoms. The van der Waals surface area contributed by atoms with E-state index in [1.165, 1.54) is 35.5 Å². The van der Waals surface area contributed by atoms with Crippen LogP contribution < -0.4 is 0 Å². The van der Waals surface area contributed by atoms with Crippen LogP contribution in [0.3, 0.4) is 0 Å². The number of aromatic nitrogens is 4. The second-order valence-electron chi connectivity index (χ2n) is 8.86. The van der Waals surface area contributed by atoms with Gasteiger partial charge in [0.25, 0.3) is 0 Å². The summed E-state index contributed by atoms with van der Waals surface area (Å²) in [5.74, 6) is 4.13. The van der Waals surface area contributed by atoms with Crippen LogP contribution in [-0.4, -0.2) is 31.9 Å². The summed E-state index contributed by atoms with van der Waals surface area (Å²) in [6.07, 6.45) is 4.85. The number of benzene rings is 3. The Morgan fingerprint density at radius 1 is 0.526 bits per heavy atom. The summed E-state index contributed by atoms with van der Waals surface area (Å²) < 4.78 is 12.0. The Morgan fingerprint density at radius 3 is 1.32 bits per heavy atom. The highest BCUT2D eigenvalue weighted by Crippen LogP contribution is 2.31. The predicted molar refractivity (Wildman–Crippen MR) is 155 cm³/mol. The third-order valence-corrected chi connectivity index (χ3v) is 8.14. The minimum atomic E-state index is 0.444. The van der Waals surface area contributed by atoms with Gasteiger partial charge in [0, 0.05) is 32.0 Å². The molecule has 194 valence electrons. The average Bonchev–Trinajstić information content (AvgIpc) is 3.65. The van der Waals surface area contributed by atoms with Gasteiger partial charge in [-0.2, -0.15) is 0 Å². The maximum Gasteiger partial charge on any atom is 0.248 e. The van der Waals surface area contributed by atoms with Crippen LogP contribution in [-0.2, 0) is 0 Å². The van der Waals surface area contributed by atoms with E-state index in [4.69, 9.17) is 8.83 Å². The van der Waals surface area contributed by atoms with E-state index < -0.39 is 0 Å². The smallest absolute Gasteiger partial charge is 0.248 e. The molecule has 0 fully saturated rings. The maximum absolute atomic E-state index is 6.01. The van der Waals surface area contributed by atoms with Gasteiger partial charge in [-0.3, -0.25) is 0 Å². The lowest BCUT2D eigenvalue weighted by atomic mass is 10.1. The van der Waals surface area contributed by atoms with Gasteiger partial charge in [0.2, 0.25) is 23.6 Å². The monoisotopic (exact) mass is 542 g/mol. The van der Waals surface area contributed by atoms with Crippen molar-refractivity contribution in [3.8, 4) is 45.8 Å². The number of unbranched alkanes of at least 4 members (excludes halogenated alkanes) is 2. The molecule has 5 aromatic rings. The standard InChI is InChI=1S/C30H30N4O2S2/c1-3-5-18-37-25-14-10-21(11-15-25)27-31-33-29(35-27)23-8-7-9-24(20-23)30-34-32-28(36-30)22-12-16-26(17-13-22)38-19-6-4-2/h7-17,20H,3-6,18-19H2,1-2H3. The lowest BCUT2D eigenvalue weighted by Gasteiger charge is -2.02. The molecule has 2 aromatic heterocycles. The van der Waals surface area contributed by atoms with Crippen molar-refractivity contribution in [1.29, 1.82) is 0 Å². The Balaban J connectivity index is 1.28. The largest absolute Gasteiger partial charge is 0.416 e. The SMILES string of the molecule is CCCCSc1ccc(-c2nnc(-c3cccc(-c4nnc(-c5ccc(SCCCC)cc5)o4)c3)o2)cc1. The molecular weight excluding hydrogens is 512 g/mol. The third-order valence-electron chi connectivity index (χ3n) is 5.94. The first-order chi connectivity index (χ1) is 18.7. The Morgan fingerprint density at radius 2 is 0.921 bits per heavy atom. The normalized spacial score (nSPS) is 11.2. The van der Waals surface area contributed by atoms with E-state index in [0.717, 1.165) is 33.8 Å². The zero-order valence-electron chi connectivity index (χ0n) is 21.6. The van der Waals surface area contributed by atoms with Crippen molar-refractivity contribution in [3.05, 3.63) is 72.8 Å². The van der Waals surface area contributed by atoms with Gasteiger partial charge in [0.1, 0.15) is 0 Å². The second-order valence-corrected chi connectivity index (χ2v) is 11.2. The van der Waals surface area contributed by atoms with E-state index >= 15 is 0 Å². The molecule has 8 heteroatoms. The van der Waals surface area contributed by atoms with Gasteiger partial charge in [0.05, 0.1) is 0 Å². The first-order valence-corrected chi connectivity index (χ1v) is 14.9. The van der Waals surface area contributed by atoms with Crippen molar-refractivity contribution in [2.24, 2.45) is 0 Å². The van der Waals surface area contributed by atoms with Gasteiger partial charge in [-0.25, -0.2) is 0 Å². The van der Waals surface area contributed by atoms with E-state index in [0.29, 0.717) is 23.6 Å². The number of nitrogens with zero attached hydrogens (tertiary/aromatic N) is 4. The topological polar surface area (TPSA) is 77.8 Å². The van der Waals surface area contributed by atoms with Gasteiger partial charge in [0.15, 0.2) is 0 Å². The van der Waals surface area contributed by atoms with E-state index in [-0.39, 0.29) is 0 Å². The fraction of sp³-hybridized carbons (Fsp3) is 0.267. The molecule has 0 aliphatic carbocycles. The highest BCUT2D eigenvalue weighted by Gasteiger charge is 2.15. The van der Waals surface area contributed by atoms with Gasteiger partial charge < -0.3 is 8.83 Å². The summed E-state index contributed by atoms with van der Waals surface area (Å²) in [6.45, 7) is 4.42. The Bertz CT molecular complexity index is 1340. The van der Waals surface area contributed by atoms with Crippen molar-refractivity contribution < 1.29 is 8.83 Å². The molecule has 3 aromatic carbocycles. The maximum atomic E-state index is 6.01. The molecule has 0 radical (unpaired) electrons. The highest BCUT2D eigenvalue weighted by atomic mass is 32.2. The van der Waals surface area contributed by atoms with Crippen LogP contribution in [0.25, 0.3) is 45.8 Å². The van der Waals surface area contributed by atoms with Crippen LogP contribution >= 0.6 is 23.5 Å². The van der Waals surface area contributed by atoms with E-state index in [1.54, 1.807) is 0 Å². The molecule has 0 atom stereocenters. The second kappa shape index (κ2) is 12.9. The van der Waals surface area contributed by atoms with Crippen molar-refractivity contribution in [2.45, 2.75) is 49.3 Å². The van der Waals surface area contributed by atoms with Crippen LogP contribution in [0.15, 0.2) is 91.4 Å². The minimum absolute atomic E-state index is 0.444. The van der Waals surface area contributed by atoms with Gasteiger partial charge in [-0.15, -0.1) is 43.9 Å². The molecule has 38 heavy (non-hydrogen) atoms. The minimum Gasteiger partial charge on any atom is -0.416 e. The molecule has 0 N–H and O–H groups in total. The summed E-state index contributed by atoms with van der Waals surface area (Å²) in [6, 6.07) is 24.2. The lowest BCUT2D eigenvalue weighted by Crippen LogP contribution is -1.82. The zero-order valence-corrected chi connectivity index (χ0v) is 23.2. The van der Waals surface area contributed by atoms with Crippen molar-refractivity contribution >= 4 is 23.5 Å². The third kappa shape index (κ3) is 6.55. The molecule has 0 aliphatic heterocycles. The molecule has 6 nitrogen and oxygen atoms in total. The molecule has 0 saturated carbocycles. The van der Waals surface area contributed by atoms with Crippen molar-refractivity contribution in [1.82, 2.24) is 20.4 Å². The number of hydrogen-bond acceptors (Lipinski definition) is 8. The molecule has 0 aliphatic rings. The summed E-state index contributed by atoms with van der Waals surface area (Å²) >= 11 is 3.73. The van der Waals surface area contributed by atoms with Crippen LogP contribution in [0.1, 0.15) is 39.5 Å². The number of thioether (sulfide) groups is 2. The molecule has 0 saturated heterocycles. The molecule has 0 unspecified atom stereocenters. The summed E-state index contributed by atoms with van der Waals surface area (Å²) in [4.78, 5) is 2.49. The quantitative estimate of drug-likeness (QED) is 0.114. The van der Waals surface area contributed by atoms with Gasteiger partial charge in [-0.05, 0) is 91.1 Å². The molecule has 5 rings (SSSR count). The molecule has 2 heterocycles. The van der Waals surface area contributed by atoms with Crippen LogP contribution in [0.5, 0.6) is 0 Å². The van der Waals surface area contributed by atoms with Gasteiger partial charge in [-0.1, -0.05) is 32.8 Å². The number of hydrogen-bond donors (Lipinski definition) is 0. The van der Waals surface area contributed by atoms with Gasteiger partial charge >= 0.3 is 0 Å². The Kier molecular flexibility index (Phi) is 8.94. The first kappa shape index (κ1) is 26.3. The van der Waals surface area contributed by atoms with Crippen LogP contribution in [0.4, 0.5) is 0 Å². The van der Waals surface area contributed by atoms with Crippen LogP contribution in [0.2, 0.25) is 0 Å². The molecule has 0 amide bonds. The summed E-state index contributed by atoms with van der Waals surface area (Å²) in [7, 11) is 0. The average molecular weight is 543 g/mol. The number of rotatable bonds is 12. The van der Waals surface area contributed by atoms with E-state index in [2.05, 4.69) is 58.5 Å².